The molecule has 1 unspecified atom stereocenters. The minimum Gasteiger partial charge on any atom is -0.457 e. The first kappa shape index (κ1) is 35.5. The third kappa shape index (κ3) is 23.8. The molecule has 0 aliphatic rings. The standard InChI is InChI=1S/C26H53O9P/c1-3-5-6-7-8-9-10-11-12-13-14-15-16-17-19-32-22-25(35-26(29)18-4-2)23-34-36(30,31)33-21-24(28)20-27/h24-25,27-28H,3-23H2,1-2H3,(H,30,31)/t24-,25+/m0/s1. The number of rotatable bonds is 27. The van der Waals surface area contributed by atoms with Crippen LogP contribution in [0.4, 0.5) is 0 Å². The van der Waals surface area contributed by atoms with Gasteiger partial charge in [-0.15, -0.1) is 0 Å². The average molecular weight is 541 g/mol. The van der Waals surface area contributed by atoms with Gasteiger partial charge in [0.1, 0.15) is 12.2 Å². The number of hydrogen-bond acceptors (Lipinski definition) is 8. The molecular weight excluding hydrogens is 487 g/mol. The molecule has 0 aromatic carbocycles. The summed E-state index contributed by atoms with van der Waals surface area (Å²) in [6.07, 6.45) is 16.6. The van der Waals surface area contributed by atoms with Gasteiger partial charge in [-0.05, 0) is 12.8 Å². The first-order valence-corrected chi connectivity index (χ1v) is 15.5. The zero-order chi connectivity index (χ0) is 26.9. The molecule has 0 aliphatic carbocycles. The fourth-order valence-corrected chi connectivity index (χ4v) is 4.42. The van der Waals surface area contributed by atoms with Gasteiger partial charge in [-0.1, -0.05) is 97.3 Å². The fourth-order valence-electron chi connectivity index (χ4n) is 3.63. The van der Waals surface area contributed by atoms with Crippen LogP contribution in [0.25, 0.3) is 0 Å². The highest BCUT2D eigenvalue weighted by atomic mass is 31.2. The maximum atomic E-state index is 11.9. The Kier molecular flexibility index (Phi) is 24.4. The molecule has 0 aromatic rings. The van der Waals surface area contributed by atoms with Crippen molar-refractivity contribution in [1.82, 2.24) is 0 Å². The summed E-state index contributed by atoms with van der Waals surface area (Å²) in [5, 5.41) is 18.0. The van der Waals surface area contributed by atoms with E-state index < -0.39 is 39.2 Å². The number of aliphatic hydroxyl groups excluding tert-OH is 2. The number of phosphoric ester groups is 1. The van der Waals surface area contributed by atoms with Gasteiger partial charge in [0.2, 0.25) is 0 Å². The third-order valence-corrected chi connectivity index (χ3v) is 6.71. The molecule has 0 aliphatic heterocycles. The molecule has 0 bridgehead atoms. The zero-order valence-electron chi connectivity index (χ0n) is 22.7. The predicted octanol–water partition coefficient (Wildman–Crippen LogP) is 5.68. The number of esters is 1. The summed E-state index contributed by atoms with van der Waals surface area (Å²) in [5.74, 6) is -0.435. The summed E-state index contributed by atoms with van der Waals surface area (Å²) in [6.45, 7) is 3.12. The lowest BCUT2D eigenvalue weighted by molar-refractivity contribution is -0.154. The van der Waals surface area contributed by atoms with E-state index in [1.165, 1.54) is 77.0 Å². The third-order valence-electron chi connectivity index (χ3n) is 5.76. The first-order chi connectivity index (χ1) is 17.3. The van der Waals surface area contributed by atoms with Crippen molar-refractivity contribution in [2.45, 2.75) is 129 Å². The van der Waals surface area contributed by atoms with Gasteiger partial charge in [-0.3, -0.25) is 13.8 Å². The van der Waals surface area contributed by atoms with Crippen molar-refractivity contribution >= 4 is 13.8 Å². The summed E-state index contributed by atoms with van der Waals surface area (Å²) >= 11 is 0. The molecule has 0 amide bonds. The van der Waals surface area contributed by atoms with Crippen LogP contribution in [0.1, 0.15) is 117 Å². The smallest absolute Gasteiger partial charge is 0.457 e. The topological polar surface area (TPSA) is 132 Å². The molecule has 10 heteroatoms. The number of hydrogen-bond donors (Lipinski definition) is 3. The minimum absolute atomic E-state index is 0.0488. The molecule has 0 saturated heterocycles. The normalized spacial score (nSPS) is 14.9. The molecule has 3 atom stereocenters. The first-order valence-electron chi connectivity index (χ1n) is 14.0. The SMILES string of the molecule is CCCCCCCCCCCCCCCCOC[C@H](COP(=O)(O)OC[C@@H](O)CO)OC(=O)CCC. The summed E-state index contributed by atoms with van der Waals surface area (Å²) in [5.41, 5.74) is 0. The Bertz CT molecular complexity index is 548. The molecule has 3 N–H and O–H groups in total. The molecule has 216 valence electrons. The van der Waals surface area contributed by atoms with E-state index in [0.717, 1.165) is 12.8 Å². The fraction of sp³-hybridized carbons (Fsp3) is 0.962. The highest BCUT2D eigenvalue weighted by molar-refractivity contribution is 7.47. The van der Waals surface area contributed by atoms with Gasteiger partial charge in [0.25, 0.3) is 0 Å². The molecule has 0 aromatic heterocycles. The summed E-state index contributed by atoms with van der Waals surface area (Å²) in [6, 6.07) is 0. The number of carbonyl (C=O) groups excluding carboxylic acids is 1. The number of aliphatic hydroxyl groups is 2. The quantitative estimate of drug-likeness (QED) is 0.0683. The molecule has 0 saturated carbocycles. The van der Waals surface area contributed by atoms with Crippen molar-refractivity contribution in [2.24, 2.45) is 0 Å². The van der Waals surface area contributed by atoms with Gasteiger partial charge in [0.15, 0.2) is 0 Å². The largest absolute Gasteiger partial charge is 0.472 e. The van der Waals surface area contributed by atoms with Crippen LogP contribution >= 0.6 is 7.82 Å². The van der Waals surface area contributed by atoms with E-state index in [1.54, 1.807) is 0 Å². The van der Waals surface area contributed by atoms with E-state index in [4.69, 9.17) is 19.1 Å². The van der Waals surface area contributed by atoms with Crippen molar-refractivity contribution in [1.29, 1.82) is 0 Å². The molecule has 0 rings (SSSR count). The van der Waals surface area contributed by atoms with Crippen molar-refractivity contribution in [2.75, 3.05) is 33.0 Å². The van der Waals surface area contributed by atoms with Crippen LogP contribution in [0.5, 0.6) is 0 Å². The molecule has 0 spiro atoms. The lowest BCUT2D eigenvalue weighted by atomic mass is 10.0. The van der Waals surface area contributed by atoms with E-state index in [9.17, 15) is 19.4 Å². The van der Waals surface area contributed by atoms with Crippen LogP contribution in [0.15, 0.2) is 0 Å². The van der Waals surface area contributed by atoms with Crippen molar-refractivity contribution < 1.29 is 43.0 Å². The van der Waals surface area contributed by atoms with Gasteiger partial charge in [0.05, 0.1) is 26.4 Å². The van der Waals surface area contributed by atoms with Gasteiger partial charge >= 0.3 is 13.8 Å². The summed E-state index contributed by atoms with van der Waals surface area (Å²) < 4.78 is 32.3. The molecule has 36 heavy (non-hydrogen) atoms. The summed E-state index contributed by atoms with van der Waals surface area (Å²) in [7, 11) is -4.47. The van der Waals surface area contributed by atoms with Gasteiger partial charge in [-0.2, -0.15) is 0 Å². The predicted molar refractivity (Wildman–Crippen MR) is 141 cm³/mol. The van der Waals surface area contributed by atoms with E-state index in [0.29, 0.717) is 13.0 Å². The Hall–Kier alpha value is -0.540. The van der Waals surface area contributed by atoms with Crippen LogP contribution in [-0.2, 0) is 27.9 Å². The second-order valence-electron chi connectivity index (χ2n) is 9.43. The maximum Gasteiger partial charge on any atom is 0.472 e. The van der Waals surface area contributed by atoms with Gasteiger partial charge in [0, 0.05) is 13.0 Å². The lowest BCUT2D eigenvalue weighted by Gasteiger charge is -2.20. The van der Waals surface area contributed by atoms with E-state index in [-0.39, 0.29) is 19.6 Å². The Labute approximate surface area is 218 Å². The van der Waals surface area contributed by atoms with Gasteiger partial charge < -0.3 is 24.6 Å². The van der Waals surface area contributed by atoms with E-state index in [1.807, 2.05) is 6.92 Å². The Morgan fingerprint density at radius 3 is 1.75 bits per heavy atom. The lowest BCUT2D eigenvalue weighted by Crippen LogP contribution is -2.28. The van der Waals surface area contributed by atoms with E-state index in [2.05, 4.69) is 11.4 Å². The number of ether oxygens (including phenoxy) is 2. The van der Waals surface area contributed by atoms with Crippen molar-refractivity contribution in [3.63, 3.8) is 0 Å². The zero-order valence-corrected chi connectivity index (χ0v) is 23.6. The van der Waals surface area contributed by atoms with Crippen LogP contribution in [0.3, 0.4) is 0 Å². The Balaban J connectivity index is 3.92. The van der Waals surface area contributed by atoms with Crippen LogP contribution < -0.4 is 0 Å². The second kappa shape index (κ2) is 24.8. The summed E-state index contributed by atoms with van der Waals surface area (Å²) in [4.78, 5) is 21.5. The molecule has 0 heterocycles. The number of unbranched alkanes of at least 4 members (excludes halogenated alkanes) is 13. The Morgan fingerprint density at radius 2 is 1.25 bits per heavy atom. The second-order valence-corrected chi connectivity index (χ2v) is 10.9. The average Bonchev–Trinajstić information content (AvgIpc) is 2.85. The highest BCUT2D eigenvalue weighted by Gasteiger charge is 2.26. The van der Waals surface area contributed by atoms with Crippen molar-refractivity contribution in [3.05, 3.63) is 0 Å². The van der Waals surface area contributed by atoms with Crippen LogP contribution in [-0.4, -0.2) is 66.3 Å². The highest BCUT2D eigenvalue weighted by Crippen LogP contribution is 2.43. The molecule has 9 nitrogen and oxygen atoms in total. The molecule has 0 fully saturated rings. The number of carbonyl (C=O) groups is 1. The van der Waals surface area contributed by atoms with Crippen LogP contribution in [0.2, 0.25) is 0 Å². The van der Waals surface area contributed by atoms with Gasteiger partial charge in [-0.25, -0.2) is 4.57 Å². The number of phosphoric acid groups is 1. The minimum atomic E-state index is -4.47. The molecule has 0 radical (unpaired) electrons. The maximum absolute atomic E-state index is 11.9. The van der Waals surface area contributed by atoms with Crippen LogP contribution in [0, 0.1) is 0 Å². The van der Waals surface area contributed by atoms with Crippen molar-refractivity contribution in [3.8, 4) is 0 Å². The Morgan fingerprint density at radius 1 is 0.750 bits per heavy atom. The monoisotopic (exact) mass is 540 g/mol. The van der Waals surface area contributed by atoms with E-state index >= 15 is 0 Å². The molecular formula is C26H53O9P.